The molecule has 0 saturated heterocycles. The third-order valence-electron chi connectivity index (χ3n) is 4.24. The van der Waals surface area contributed by atoms with Gasteiger partial charge in [-0.3, -0.25) is 9.59 Å². The van der Waals surface area contributed by atoms with Crippen molar-refractivity contribution in [1.29, 1.82) is 0 Å². The first-order valence-electron chi connectivity index (χ1n) is 8.46. The fourth-order valence-corrected chi connectivity index (χ4v) is 2.74. The number of benzene rings is 2. The molecule has 6 heteroatoms. The van der Waals surface area contributed by atoms with Crippen LogP contribution in [0.4, 0.5) is 5.69 Å². The molecule has 2 N–H and O–H groups in total. The maximum absolute atomic E-state index is 12.7. The molecule has 2 aromatic carbocycles. The SMILES string of the molecule is CC[C@H](C)[C@H](NC(=O)c1ccccc1)C(=O)Nc1ccc(OC)c(Cl)c1. The number of rotatable bonds is 7. The van der Waals surface area contributed by atoms with Gasteiger partial charge in [0.25, 0.3) is 5.91 Å². The number of carbonyl (C=O) groups is 2. The van der Waals surface area contributed by atoms with E-state index in [2.05, 4.69) is 10.6 Å². The maximum atomic E-state index is 12.7. The lowest BCUT2D eigenvalue weighted by Gasteiger charge is -2.23. The standard InChI is InChI=1S/C20H23ClN2O3/c1-4-13(2)18(23-19(24)14-8-6-5-7-9-14)20(25)22-15-10-11-17(26-3)16(21)12-15/h5-13,18H,4H2,1-3H3,(H,22,25)(H,23,24)/t13-,18-/m0/s1. The Bertz CT molecular complexity index is 765. The van der Waals surface area contributed by atoms with E-state index in [0.29, 0.717) is 22.0 Å². The average molecular weight is 375 g/mol. The molecule has 2 aromatic rings. The summed E-state index contributed by atoms with van der Waals surface area (Å²) in [4.78, 5) is 25.2. The van der Waals surface area contributed by atoms with E-state index in [4.69, 9.17) is 16.3 Å². The zero-order chi connectivity index (χ0) is 19.1. The van der Waals surface area contributed by atoms with Crippen LogP contribution in [0.25, 0.3) is 0 Å². The van der Waals surface area contributed by atoms with Crippen molar-refractivity contribution < 1.29 is 14.3 Å². The Morgan fingerprint density at radius 3 is 2.42 bits per heavy atom. The Balaban J connectivity index is 2.14. The molecule has 0 radical (unpaired) electrons. The third kappa shape index (κ3) is 4.99. The molecule has 0 aliphatic carbocycles. The molecule has 0 unspecified atom stereocenters. The van der Waals surface area contributed by atoms with Gasteiger partial charge in [0.2, 0.25) is 5.91 Å². The number of anilines is 1. The number of methoxy groups -OCH3 is 1. The smallest absolute Gasteiger partial charge is 0.251 e. The lowest BCUT2D eigenvalue weighted by atomic mass is 9.97. The Morgan fingerprint density at radius 1 is 1.15 bits per heavy atom. The maximum Gasteiger partial charge on any atom is 0.251 e. The summed E-state index contributed by atoms with van der Waals surface area (Å²) in [5, 5.41) is 6.05. The molecule has 0 aromatic heterocycles. The van der Waals surface area contributed by atoms with E-state index in [1.807, 2.05) is 19.9 Å². The molecular weight excluding hydrogens is 352 g/mol. The molecule has 2 amide bonds. The first-order valence-corrected chi connectivity index (χ1v) is 8.84. The molecule has 0 aliphatic rings. The quantitative estimate of drug-likeness (QED) is 0.765. The van der Waals surface area contributed by atoms with Crippen molar-refractivity contribution in [3.8, 4) is 5.75 Å². The number of ether oxygens (including phenoxy) is 1. The van der Waals surface area contributed by atoms with Gasteiger partial charge in [0.1, 0.15) is 11.8 Å². The predicted octanol–water partition coefficient (Wildman–Crippen LogP) is 4.13. The summed E-state index contributed by atoms with van der Waals surface area (Å²) in [6, 6.07) is 13.2. The Kier molecular flexibility index (Phi) is 7.04. The molecule has 0 aliphatic heterocycles. The van der Waals surface area contributed by atoms with Gasteiger partial charge in [-0.2, -0.15) is 0 Å². The van der Waals surface area contributed by atoms with Gasteiger partial charge in [0.05, 0.1) is 12.1 Å². The van der Waals surface area contributed by atoms with E-state index in [0.717, 1.165) is 6.42 Å². The molecule has 2 atom stereocenters. The number of carbonyl (C=O) groups excluding carboxylic acids is 2. The Labute approximate surface area is 158 Å². The van der Waals surface area contributed by atoms with Crippen molar-refractivity contribution in [2.75, 3.05) is 12.4 Å². The minimum atomic E-state index is -0.659. The average Bonchev–Trinajstić information content (AvgIpc) is 2.66. The first-order chi connectivity index (χ1) is 12.5. The number of hydrogen-bond acceptors (Lipinski definition) is 3. The Hall–Kier alpha value is -2.53. The van der Waals surface area contributed by atoms with Gasteiger partial charge in [-0.15, -0.1) is 0 Å². The highest BCUT2D eigenvalue weighted by Gasteiger charge is 2.26. The minimum absolute atomic E-state index is 0.0311. The highest BCUT2D eigenvalue weighted by Crippen LogP contribution is 2.27. The van der Waals surface area contributed by atoms with Gasteiger partial charge in [0.15, 0.2) is 0 Å². The second-order valence-electron chi connectivity index (χ2n) is 6.04. The van der Waals surface area contributed by atoms with E-state index in [1.54, 1.807) is 42.5 Å². The molecule has 26 heavy (non-hydrogen) atoms. The lowest BCUT2D eigenvalue weighted by Crippen LogP contribution is -2.47. The monoisotopic (exact) mass is 374 g/mol. The van der Waals surface area contributed by atoms with Crippen LogP contribution in [-0.4, -0.2) is 25.0 Å². The van der Waals surface area contributed by atoms with Crippen molar-refractivity contribution >= 4 is 29.1 Å². The summed E-state index contributed by atoms with van der Waals surface area (Å²) in [7, 11) is 1.53. The van der Waals surface area contributed by atoms with Gasteiger partial charge in [-0.05, 0) is 36.2 Å². The summed E-state index contributed by atoms with van der Waals surface area (Å²) < 4.78 is 5.11. The molecule has 0 bridgehead atoms. The second kappa shape index (κ2) is 9.25. The van der Waals surface area contributed by atoms with Crippen molar-refractivity contribution in [3.63, 3.8) is 0 Å². The van der Waals surface area contributed by atoms with Crippen molar-refractivity contribution in [3.05, 3.63) is 59.1 Å². The van der Waals surface area contributed by atoms with Gasteiger partial charge >= 0.3 is 0 Å². The van der Waals surface area contributed by atoms with Crippen LogP contribution in [0.2, 0.25) is 5.02 Å². The molecular formula is C20H23ClN2O3. The predicted molar refractivity (Wildman–Crippen MR) is 104 cm³/mol. The zero-order valence-electron chi connectivity index (χ0n) is 15.1. The highest BCUT2D eigenvalue weighted by molar-refractivity contribution is 6.32. The van der Waals surface area contributed by atoms with Crippen LogP contribution >= 0.6 is 11.6 Å². The fourth-order valence-electron chi connectivity index (χ4n) is 2.48. The van der Waals surface area contributed by atoms with Crippen LogP contribution in [-0.2, 0) is 4.79 Å². The van der Waals surface area contributed by atoms with Crippen LogP contribution in [0.15, 0.2) is 48.5 Å². The van der Waals surface area contributed by atoms with E-state index in [-0.39, 0.29) is 17.7 Å². The molecule has 0 saturated carbocycles. The largest absolute Gasteiger partial charge is 0.495 e. The van der Waals surface area contributed by atoms with Crippen LogP contribution in [0.5, 0.6) is 5.75 Å². The van der Waals surface area contributed by atoms with Gasteiger partial charge in [0, 0.05) is 11.3 Å². The van der Waals surface area contributed by atoms with E-state index >= 15 is 0 Å². The lowest BCUT2D eigenvalue weighted by molar-refractivity contribution is -0.119. The number of hydrogen-bond donors (Lipinski definition) is 2. The van der Waals surface area contributed by atoms with Crippen LogP contribution in [0, 0.1) is 5.92 Å². The summed E-state index contributed by atoms with van der Waals surface area (Å²) in [5.41, 5.74) is 1.06. The number of amides is 2. The first kappa shape index (κ1) is 19.8. The van der Waals surface area contributed by atoms with Crippen molar-refractivity contribution in [2.24, 2.45) is 5.92 Å². The van der Waals surface area contributed by atoms with Gasteiger partial charge in [-0.1, -0.05) is 50.1 Å². The summed E-state index contributed by atoms with van der Waals surface area (Å²) in [6.07, 6.45) is 0.747. The fraction of sp³-hybridized carbons (Fsp3) is 0.300. The normalized spacial score (nSPS) is 12.8. The third-order valence-corrected chi connectivity index (χ3v) is 4.53. The van der Waals surface area contributed by atoms with Crippen LogP contribution in [0.1, 0.15) is 30.6 Å². The highest BCUT2D eigenvalue weighted by atomic mass is 35.5. The molecule has 5 nitrogen and oxygen atoms in total. The topological polar surface area (TPSA) is 67.4 Å². The number of nitrogens with one attached hydrogen (secondary N) is 2. The van der Waals surface area contributed by atoms with Crippen molar-refractivity contribution in [1.82, 2.24) is 5.32 Å². The van der Waals surface area contributed by atoms with Crippen LogP contribution < -0.4 is 15.4 Å². The molecule has 138 valence electrons. The van der Waals surface area contributed by atoms with E-state index < -0.39 is 6.04 Å². The summed E-state index contributed by atoms with van der Waals surface area (Å²) in [5.74, 6) is -0.0689. The zero-order valence-corrected chi connectivity index (χ0v) is 15.8. The summed E-state index contributed by atoms with van der Waals surface area (Å²) in [6.45, 7) is 3.90. The van der Waals surface area contributed by atoms with Gasteiger partial charge < -0.3 is 15.4 Å². The molecule has 0 fully saturated rings. The minimum Gasteiger partial charge on any atom is -0.495 e. The summed E-state index contributed by atoms with van der Waals surface area (Å²) >= 11 is 6.10. The van der Waals surface area contributed by atoms with E-state index in [1.165, 1.54) is 7.11 Å². The van der Waals surface area contributed by atoms with E-state index in [9.17, 15) is 9.59 Å². The van der Waals surface area contributed by atoms with Gasteiger partial charge in [-0.25, -0.2) is 0 Å². The molecule has 0 spiro atoms. The number of halogens is 1. The molecule has 2 rings (SSSR count). The van der Waals surface area contributed by atoms with Crippen LogP contribution in [0.3, 0.4) is 0 Å². The van der Waals surface area contributed by atoms with Crippen molar-refractivity contribution in [2.45, 2.75) is 26.3 Å². The Morgan fingerprint density at radius 2 is 1.85 bits per heavy atom. The molecule has 0 heterocycles. The second-order valence-corrected chi connectivity index (χ2v) is 6.45.